The molecule has 2 fully saturated rings. The van der Waals surface area contributed by atoms with E-state index in [9.17, 15) is 4.79 Å². The minimum Gasteiger partial charge on any atom is -0.381 e. The average Bonchev–Trinajstić information content (AvgIpc) is 2.75. The second-order valence-electron chi connectivity index (χ2n) is 6.38. The maximum Gasteiger partial charge on any atom is 0.234 e. The van der Waals surface area contributed by atoms with Crippen LogP contribution in [0.2, 0.25) is 0 Å². The van der Waals surface area contributed by atoms with Crippen molar-refractivity contribution in [1.29, 1.82) is 0 Å². The predicted molar refractivity (Wildman–Crippen MR) is 80.6 cm³/mol. The van der Waals surface area contributed by atoms with Crippen molar-refractivity contribution in [2.75, 3.05) is 19.8 Å². The third-order valence-electron chi connectivity index (χ3n) is 4.78. The van der Waals surface area contributed by atoms with Gasteiger partial charge in [-0.3, -0.25) is 4.79 Å². The Balaban J connectivity index is 1.63. The van der Waals surface area contributed by atoms with E-state index in [1.165, 1.54) is 38.5 Å². The molecule has 4 nitrogen and oxygen atoms in total. The zero-order chi connectivity index (χ0) is 14.2. The Bertz CT molecular complexity index is 282. The van der Waals surface area contributed by atoms with Crippen molar-refractivity contribution < 1.29 is 9.53 Å². The summed E-state index contributed by atoms with van der Waals surface area (Å²) >= 11 is 0. The summed E-state index contributed by atoms with van der Waals surface area (Å²) in [6.07, 6.45) is 10.00. The molecule has 0 spiro atoms. The van der Waals surface area contributed by atoms with E-state index in [0.29, 0.717) is 18.6 Å². The van der Waals surface area contributed by atoms with Gasteiger partial charge < -0.3 is 15.4 Å². The molecule has 1 saturated heterocycles. The third kappa shape index (κ3) is 5.41. The number of amides is 1. The molecule has 4 heteroatoms. The Hall–Kier alpha value is -0.610. The van der Waals surface area contributed by atoms with Crippen molar-refractivity contribution >= 4 is 5.91 Å². The maximum atomic E-state index is 12.0. The molecular formula is C16H30N2O2. The van der Waals surface area contributed by atoms with Crippen molar-refractivity contribution in [3.63, 3.8) is 0 Å². The molecule has 0 aromatic heterocycles. The summed E-state index contributed by atoms with van der Waals surface area (Å²) in [5.74, 6) is 0.880. The molecule has 20 heavy (non-hydrogen) atoms. The summed E-state index contributed by atoms with van der Waals surface area (Å²) in [6, 6.07) is 0.764. The van der Waals surface area contributed by atoms with Crippen LogP contribution in [0.4, 0.5) is 0 Å². The lowest BCUT2D eigenvalue weighted by Crippen LogP contribution is -2.45. The zero-order valence-electron chi connectivity index (χ0n) is 12.8. The van der Waals surface area contributed by atoms with Crippen molar-refractivity contribution in [2.45, 2.75) is 70.4 Å². The fourth-order valence-electron chi connectivity index (χ4n) is 3.35. The number of carbonyl (C=O) groups excluding carboxylic acids is 1. The van der Waals surface area contributed by atoms with E-state index in [4.69, 9.17) is 4.74 Å². The normalized spacial score (nSPS) is 24.1. The minimum atomic E-state index is 0.136. The molecule has 1 atom stereocenters. The van der Waals surface area contributed by atoms with Gasteiger partial charge >= 0.3 is 0 Å². The molecule has 1 aliphatic heterocycles. The van der Waals surface area contributed by atoms with Gasteiger partial charge in [0.15, 0.2) is 0 Å². The molecule has 0 unspecified atom stereocenters. The first-order valence-corrected chi connectivity index (χ1v) is 8.36. The molecule has 0 radical (unpaired) electrons. The molecule has 0 aromatic carbocycles. The predicted octanol–water partition coefficient (Wildman–Crippen LogP) is 2.23. The molecule has 116 valence electrons. The van der Waals surface area contributed by atoms with Crippen LogP contribution in [-0.2, 0) is 9.53 Å². The lowest BCUT2D eigenvalue weighted by molar-refractivity contribution is -0.121. The summed E-state index contributed by atoms with van der Waals surface area (Å²) < 4.78 is 5.30. The van der Waals surface area contributed by atoms with Gasteiger partial charge in [0.25, 0.3) is 0 Å². The number of hydrogen-bond acceptors (Lipinski definition) is 3. The topological polar surface area (TPSA) is 50.4 Å². The van der Waals surface area contributed by atoms with Gasteiger partial charge in [0, 0.05) is 25.3 Å². The Labute approximate surface area is 123 Å². The molecular weight excluding hydrogens is 252 g/mol. The Kier molecular flexibility index (Phi) is 6.80. The second kappa shape index (κ2) is 8.63. The summed E-state index contributed by atoms with van der Waals surface area (Å²) in [6.45, 7) is 4.24. The molecule has 2 N–H and O–H groups in total. The number of rotatable bonds is 5. The van der Waals surface area contributed by atoms with Crippen LogP contribution in [0.1, 0.15) is 58.3 Å². The molecule has 2 aliphatic rings. The van der Waals surface area contributed by atoms with Gasteiger partial charge in [-0.1, -0.05) is 25.7 Å². The maximum absolute atomic E-state index is 12.0. The SMILES string of the molecule is C[C@@H](NCC(=O)NC1CCOCC1)C1CCCCCC1. The van der Waals surface area contributed by atoms with E-state index in [2.05, 4.69) is 17.6 Å². The molecule has 1 aliphatic carbocycles. The van der Waals surface area contributed by atoms with Crippen molar-refractivity contribution in [3.05, 3.63) is 0 Å². The van der Waals surface area contributed by atoms with Crippen LogP contribution in [-0.4, -0.2) is 37.7 Å². The number of hydrogen-bond donors (Lipinski definition) is 2. The first-order valence-electron chi connectivity index (χ1n) is 8.36. The van der Waals surface area contributed by atoms with Gasteiger partial charge in [-0.05, 0) is 38.5 Å². The molecule has 0 aromatic rings. The highest BCUT2D eigenvalue weighted by molar-refractivity contribution is 5.78. The van der Waals surface area contributed by atoms with Gasteiger partial charge in [0.2, 0.25) is 5.91 Å². The highest BCUT2D eigenvalue weighted by Gasteiger charge is 2.20. The summed E-state index contributed by atoms with van der Waals surface area (Å²) in [4.78, 5) is 12.0. The van der Waals surface area contributed by atoms with Gasteiger partial charge in [-0.15, -0.1) is 0 Å². The summed E-state index contributed by atoms with van der Waals surface area (Å²) in [5.41, 5.74) is 0. The molecule has 2 rings (SSSR count). The van der Waals surface area contributed by atoms with Crippen LogP contribution in [0.15, 0.2) is 0 Å². The monoisotopic (exact) mass is 282 g/mol. The lowest BCUT2D eigenvalue weighted by Gasteiger charge is -2.25. The van der Waals surface area contributed by atoms with E-state index < -0.39 is 0 Å². The minimum absolute atomic E-state index is 0.136. The largest absolute Gasteiger partial charge is 0.381 e. The number of nitrogens with one attached hydrogen (secondary N) is 2. The van der Waals surface area contributed by atoms with Crippen molar-refractivity contribution in [1.82, 2.24) is 10.6 Å². The fraction of sp³-hybridized carbons (Fsp3) is 0.938. The van der Waals surface area contributed by atoms with Crippen LogP contribution in [0, 0.1) is 5.92 Å². The summed E-state index contributed by atoms with van der Waals surface area (Å²) in [5, 5.41) is 6.53. The van der Waals surface area contributed by atoms with Gasteiger partial charge in [-0.2, -0.15) is 0 Å². The fourth-order valence-corrected chi connectivity index (χ4v) is 3.35. The van der Waals surface area contributed by atoms with Crippen LogP contribution in [0.25, 0.3) is 0 Å². The van der Waals surface area contributed by atoms with Crippen molar-refractivity contribution in [3.8, 4) is 0 Å². The molecule has 1 amide bonds. The second-order valence-corrected chi connectivity index (χ2v) is 6.38. The quantitative estimate of drug-likeness (QED) is 0.760. The first-order chi connectivity index (χ1) is 9.75. The van der Waals surface area contributed by atoms with E-state index in [-0.39, 0.29) is 5.91 Å². The van der Waals surface area contributed by atoms with E-state index in [0.717, 1.165) is 32.0 Å². The Morgan fingerprint density at radius 2 is 1.75 bits per heavy atom. The zero-order valence-corrected chi connectivity index (χ0v) is 12.8. The van der Waals surface area contributed by atoms with E-state index in [1.54, 1.807) is 0 Å². The van der Waals surface area contributed by atoms with Gasteiger partial charge in [-0.25, -0.2) is 0 Å². The lowest BCUT2D eigenvalue weighted by atomic mass is 9.93. The highest BCUT2D eigenvalue weighted by Crippen LogP contribution is 2.25. The third-order valence-corrected chi connectivity index (χ3v) is 4.78. The molecule has 1 heterocycles. The standard InChI is InChI=1S/C16H30N2O2/c1-13(14-6-4-2-3-5-7-14)17-12-16(19)18-15-8-10-20-11-9-15/h13-15,17H,2-12H2,1H3,(H,18,19)/t13-/m1/s1. The Morgan fingerprint density at radius 3 is 2.40 bits per heavy atom. The van der Waals surface area contributed by atoms with Gasteiger partial charge in [0.1, 0.15) is 0 Å². The summed E-state index contributed by atoms with van der Waals surface area (Å²) in [7, 11) is 0. The van der Waals surface area contributed by atoms with Crippen LogP contribution >= 0.6 is 0 Å². The molecule has 0 bridgehead atoms. The van der Waals surface area contributed by atoms with E-state index in [1.807, 2.05) is 0 Å². The van der Waals surface area contributed by atoms with Crippen LogP contribution in [0.3, 0.4) is 0 Å². The van der Waals surface area contributed by atoms with Crippen molar-refractivity contribution in [2.24, 2.45) is 5.92 Å². The van der Waals surface area contributed by atoms with Crippen LogP contribution < -0.4 is 10.6 Å². The smallest absolute Gasteiger partial charge is 0.234 e. The highest BCUT2D eigenvalue weighted by atomic mass is 16.5. The number of carbonyl (C=O) groups is 1. The van der Waals surface area contributed by atoms with Gasteiger partial charge in [0.05, 0.1) is 6.54 Å². The van der Waals surface area contributed by atoms with Crippen LogP contribution in [0.5, 0.6) is 0 Å². The Morgan fingerprint density at radius 1 is 1.10 bits per heavy atom. The molecule has 1 saturated carbocycles. The number of ether oxygens (including phenoxy) is 1. The average molecular weight is 282 g/mol. The van der Waals surface area contributed by atoms with E-state index >= 15 is 0 Å². The first kappa shape index (κ1) is 15.8.